The summed E-state index contributed by atoms with van der Waals surface area (Å²) in [5, 5.41) is 11.5. The molecule has 0 radical (unpaired) electrons. The molecule has 0 fully saturated rings. The zero-order chi connectivity index (χ0) is 18.2. The summed E-state index contributed by atoms with van der Waals surface area (Å²) < 4.78 is 6.15. The summed E-state index contributed by atoms with van der Waals surface area (Å²) in [5.41, 5.74) is 7.30. The van der Waals surface area contributed by atoms with Gasteiger partial charge in [0, 0.05) is 16.3 Å². The van der Waals surface area contributed by atoms with Gasteiger partial charge in [0.2, 0.25) is 0 Å². The quantitative estimate of drug-likeness (QED) is 0.408. The molecule has 2 nitrogen and oxygen atoms in total. The Morgan fingerprint density at radius 2 is 1.22 bits per heavy atom. The van der Waals surface area contributed by atoms with E-state index in [1.165, 1.54) is 0 Å². The predicted molar refractivity (Wildman–Crippen MR) is 111 cm³/mol. The number of hydrogen-bond donors (Lipinski definition) is 1. The molecule has 27 heavy (non-hydrogen) atoms. The van der Waals surface area contributed by atoms with E-state index >= 15 is 0 Å². The van der Waals surface area contributed by atoms with E-state index in [2.05, 4.69) is 48.5 Å². The van der Waals surface area contributed by atoms with Crippen LogP contribution >= 0.6 is 0 Å². The Bertz CT molecular complexity index is 1230. The largest absolute Gasteiger partial charge is 0.455 e. The van der Waals surface area contributed by atoms with Crippen LogP contribution in [-0.4, -0.2) is 5.11 Å². The Kier molecular flexibility index (Phi) is 3.77. The molecule has 130 valence electrons. The Hall–Kier alpha value is -3.36. The molecule has 0 unspecified atom stereocenters. The maximum absolute atomic E-state index is 9.19. The molecular weight excluding hydrogens is 332 g/mol. The predicted octanol–water partition coefficient (Wildman–Crippen LogP) is 6.41. The number of fused-ring (bicyclic) bond motifs is 3. The van der Waals surface area contributed by atoms with E-state index in [1.807, 2.05) is 42.5 Å². The van der Waals surface area contributed by atoms with E-state index in [1.54, 1.807) is 0 Å². The Morgan fingerprint density at radius 1 is 0.593 bits per heavy atom. The lowest BCUT2D eigenvalue weighted by molar-refractivity contribution is 0.282. The first-order valence-electron chi connectivity index (χ1n) is 9.04. The minimum Gasteiger partial charge on any atom is -0.455 e. The molecule has 1 aromatic heterocycles. The summed E-state index contributed by atoms with van der Waals surface area (Å²) in [6.45, 7) is 0.0702. The first-order valence-corrected chi connectivity index (χ1v) is 9.04. The second-order valence-corrected chi connectivity index (χ2v) is 6.71. The fourth-order valence-electron chi connectivity index (χ4n) is 3.62. The zero-order valence-electron chi connectivity index (χ0n) is 14.7. The van der Waals surface area contributed by atoms with Crippen LogP contribution < -0.4 is 0 Å². The van der Waals surface area contributed by atoms with Gasteiger partial charge in [0.1, 0.15) is 11.2 Å². The smallest absolute Gasteiger partial charge is 0.143 e. The zero-order valence-corrected chi connectivity index (χ0v) is 14.7. The molecule has 0 aliphatic heterocycles. The van der Waals surface area contributed by atoms with E-state index in [0.29, 0.717) is 0 Å². The molecule has 0 aliphatic carbocycles. The van der Waals surface area contributed by atoms with Crippen LogP contribution in [0.3, 0.4) is 0 Å². The molecule has 0 aliphatic rings. The maximum atomic E-state index is 9.19. The topological polar surface area (TPSA) is 33.4 Å². The molecule has 4 aromatic carbocycles. The lowest BCUT2D eigenvalue weighted by atomic mass is 9.98. The van der Waals surface area contributed by atoms with Crippen molar-refractivity contribution in [1.82, 2.24) is 0 Å². The summed E-state index contributed by atoms with van der Waals surface area (Å²) in [5.74, 6) is 0. The summed E-state index contributed by atoms with van der Waals surface area (Å²) >= 11 is 0. The van der Waals surface area contributed by atoms with Crippen LogP contribution in [0.1, 0.15) is 5.56 Å². The molecule has 1 heterocycles. The van der Waals surface area contributed by atoms with Gasteiger partial charge in [0.25, 0.3) is 0 Å². The van der Waals surface area contributed by atoms with E-state index in [-0.39, 0.29) is 6.61 Å². The highest BCUT2D eigenvalue weighted by atomic mass is 16.3. The molecule has 0 atom stereocenters. The standard InChI is InChI=1S/C25H18O2/c26-16-17-8-10-18(11-9-17)19-12-14-20(15-13-19)21-5-3-6-23-22-4-1-2-7-24(22)27-25(21)23/h1-15,26H,16H2. The molecule has 2 heteroatoms. The van der Waals surface area contributed by atoms with Gasteiger partial charge in [-0.2, -0.15) is 0 Å². The number of hydrogen-bond acceptors (Lipinski definition) is 2. The van der Waals surface area contributed by atoms with Gasteiger partial charge >= 0.3 is 0 Å². The number of furan rings is 1. The number of rotatable bonds is 3. The van der Waals surface area contributed by atoms with Crippen molar-refractivity contribution in [3.8, 4) is 22.3 Å². The minimum absolute atomic E-state index is 0.0702. The van der Waals surface area contributed by atoms with Crippen LogP contribution in [0.15, 0.2) is 95.4 Å². The van der Waals surface area contributed by atoms with E-state index in [4.69, 9.17) is 4.42 Å². The molecule has 0 spiro atoms. The molecule has 1 N–H and O–H groups in total. The average Bonchev–Trinajstić information content (AvgIpc) is 3.13. The lowest BCUT2D eigenvalue weighted by Gasteiger charge is -2.06. The van der Waals surface area contributed by atoms with Gasteiger partial charge in [-0.3, -0.25) is 0 Å². The van der Waals surface area contributed by atoms with Crippen LogP contribution in [0.2, 0.25) is 0 Å². The molecule has 0 amide bonds. The molecule has 5 aromatic rings. The van der Waals surface area contributed by atoms with Gasteiger partial charge in [0.05, 0.1) is 6.61 Å². The second-order valence-electron chi connectivity index (χ2n) is 6.71. The van der Waals surface area contributed by atoms with Crippen molar-refractivity contribution in [3.05, 3.63) is 96.6 Å². The Labute approximate surface area is 157 Å². The summed E-state index contributed by atoms with van der Waals surface area (Å²) in [4.78, 5) is 0. The molecule has 0 saturated carbocycles. The normalized spacial score (nSPS) is 11.3. The Morgan fingerprint density at radius 3 is 1.96 bits per heavy atom. The first kappa shape index (κ1) is 15.9. The van der Waals surface area contributed by atoms with Crippen LogP contribution in [0.4, 0.5) is 0 Å². The van der Waals surface area contributed by atoms with Gasteiger partial charge in [-0.1, -0.05) is 84.9 Å². The fourth-order valence-corrected chi connectivity index (χ4v) is 3.62. The van der Waals surface area contributed by atoms with Gasteiger partial charge in [-0.25, -0.2) is 0 Å². The van der Waals surface area contributed by atoms with Crippen molar-refractivity contribution in [1.29, 1.82) is 0 Å². The highest BCUT2D eigenvalue weighted by Crippen LogP contribution is 2.36. The molecule has 0 bridgehead atoms. The van der Waals surface area contributed by atoms with Gasteiger partial charge < -0.3 is 9.52 Å². The third-order valence-electron chi connectivity index (χ3n) is 5.07. The number of benzene rings is 4. The van der Waals surface area contributed by atoms with E-state index < -0.39 is 0 Å². The average molecular weight is 350 g/mol. The molecular formula is C25H18O2. The van der Waals surface area contributed by atoms with Crippen molar-refractivity contribution in [2.45, 2.75) is 6.61 Å². The monoisotopic (exact) mass is 350 g/mol. The van der Waals surface area contributed by atoms with Crippen molar-refractivity contribution in [2.24, 2.45) is 0 Å². The summed E-state index contributed by atoms with van der Waals surface area (Å²) in [6.07, 6.45) is 0. The van der Waals surface area contributed by atoms with Crippen molar-refractivity contribution < 1.29 is 9.52 Å². The van der Waals surface area contributed by atoms with Crippen LogP contribution in [0, 0.1) is 0 Å². The summed E-state index contributed by atoms with van der Waals surface area (Å²) in [7, 11) is 0. The van der Waals surface area contributed by atoms with E-state index in [0.717, 1.165) is 49.8 Å². The highest BCUT2D eigenvalue weighted by Gasteiger charge is 2.11. The molecule has 5 rings (SSSR count). The maximum Gasteiger partial charge on any atom is 0.143 e. The molecule has 0 saturated heterocycles. The number of aliphatic hydroxyl groups excluding tert-OH is 1. The number of aliphatic hydroxyl groups is 1. The SMILES string of the molecule is OCc1ccc(-c2ccc(-c3cccc4c3oc3ccccc34)cc2)cc1. The van der Waals surface area contributed by atoms with E-state index in [9.17, 15) is 5.11 Å². The fraction of sp³-hybridized carbons (Fsp3) is 0.0400. The van der Waals surface area contributed by atoms with Gasteiger partial charge in [0.15, 0.2) is 0 Å². The van der Waals surface area contributed by atoms with Gasteiger partial charge in [-0.15, -0.1) is 0 Å². The minimum atomic E-state index is 0.0702. The Balaban J connectivity index is 1.58. The van der Waals surface area contributed by atoms with Crippen molar-refractivity contribution in [3.63, 3.8) is 0 Å². The summed E-state index contributed by atoms with van der Waals surface area (Å²) in [6, 6.07) is 31.0. The van der Waals surface area contributed by atoms with Gasteiger partial charge in [-0.05, 0) is 28.3 Å². The lowest BCUT2D eigenvalue weighted by Crippen LogP contribution is -1.84. The van der Waals surface area contributed by atoms with Crippen molar-refractivity contribution >= 4 is 21.9 Å². The van der Waals surface area contributed by atoms with Crippen molar-refractivity contribution in [2.75, 3.05) is 0 Å². The highest BCUT2D eigenvalue weighted by molar-refractivity contribution is 6.09. The van der Waals surface area contributed by atoms with Crippen LogP contribution in [0.25, 0.3) is 44.2 Å². The van der Waals surface area contributed by atoms with Crippen LogP contribution in [-0.2, 0) is 6.61 Å². The van der Waals surface area contributed by atoms with Crippen LogP contribution in [0.5, 0.6) is 0 Å². The first-order chi connectivity index (χ1) is 13.3. The third-order valence-corrected chi connectivity index (χ3v) is 5.07. The third kappa shape index (κ3) is 2.71. The second kappa shape index (κ2) is 6.42. The number of para-hydroxylation sites is 2.